The summed E-state index contributed by atoms with van der Waals surface area (Å²) in [5, 5.41) is 3.64. The molecule has 0 aromatic carbocycles. The van der Waals surface area contributed by atoms with Crippen LogP contribution in [0.4, 0.5) is 0 Å². The Balaban J connectivity index is 1.94. The molecule has 0 bridgehead atoms. The lowest BCUT2D eigenvalue weighted by atomic mass is 9.85. The molecule has 1 aliphatic heterocycles. The smallest absolute Gasteiger partial charge is 0.0637 e. The second-order valence-corrected chi connectivity index (χ2v) is 6.19. The molecule has 1 saturated carbocycles. The fourth-order valence-corrected chi connectivity index (χ4v) is 3.67. The van der Waals surface area contributed by atoms with Crippen molar-refractivity contribution in [1.82, 2.24) is 10.2 Å². The summed E-state index contributed by atoms with van der Waals surface area (Å²) in [6.07, 6.45) is 6.71. The maximum Gasteiger partial charge on any atom is 0.0637 e. The molecule has 0 spiro atoms. The molecule has 4 atom stereocenters. The van der Waals surface area contributed by atoms with Crippen molar-refractivity contribution in [1.29, 1.82) is 0 Å². The minimum Gasteiger partial charge on any atom is -0.380 e. The number of nitrogens with one attached hydrogen (secondary N) is 1. The van der Waals surface area contributed by atoms with Crippen molar-refractivity contribution in [2.75, 3.05) is 26.8 Å². The van der Waals surface area contributed by atoms with Crippen LogP contribution >= 0.6 is 0 Å². The van der Waals surface area contributed by atoms with Gasteiger partial charge in [-0.2, -0.15) is 0 Å². The van der Waals surface area contributed by atoms with E-state index in [1.807, 2.05) is 0 Å². The van der Waals surface area contributed by atoms with Crippen LogP contribution in [0.3, 0.4) is 0 Å². The second kappa shape index (κ2) is 6.88. The molecule has 2 rings (SSSR count). The summed E-state index contributed by atoms with van der Waals surface area (Å²) in [5.41, 5.74) is 0. The number of nitrogens with zero attached hydrogens (tertiary/aromatic N) is 1. The molecular weight excluding hydrogens is 224 g/mol. The summed E-state index contributed by atoms with van der Waals surface area (Å²) in [7, 11) is 2.31. The van der Waals surface area contributed by atoms with Gasteiger partial charge in [-0.05, 0) is 38.8 Å². The Kier molecular flexibility index (Phi) is 5.46. The summed E-state index contributed by atoms with van der Waals surface area (Å²) in [4.78, 5) is 2.61. The summed E-state index contributed by atoms with van der Waals surface area (Å²) in [6.45, 7) is 7.49. The minimum atomic E-state index is 0.564. The van der Waals surface area contributed by atoms with E-state index in [1.54, 1.807) is 0 Å². The van der Waals surface area contributed by atoms with Gasteiger partial charge in [-0.25, -0.2) is 0 Å². The van der Waals surface area contributed by atoms with Gasteiger partial charge in [0.25, 0.3) is 0 Å². The summed E-state index contributed by atoms with van der Waals surface area (Å²) in [5.74, 6) is 0.897. The van der Waals surface area contributed by atoms with E-state index in [-0.39, 0.29) is 0 Å². The maximum atomic E-state index is 5.72. The highest BCUT2D eigenvalue weighted by atomic mass is 16.5. The number of ether oxygens (including phenoxy) is 1. The van der Waals surface area contributed by atoms with Crippen LogP contribution in [0.5, 0.6) is 0 Å². The largest absolute Gasteiger partial charge is 0.380 e. The molecule has 4 unspecified atom stereocenters. The van der Waals surface area contributed by atoms with Gasteiger partial charge in [0.15, 0.2) is 0 Å². The molecule has 2 aliphatic rings. The van der Waals surface area contributed by atoms with Gasteiger partial charge in [-0.1, -0.05) is 26.7 Å². The molecule has 106 valence electrons. The highest BCUT2D eigenvalue weighted by Crippen LogP contribution is 2.29. The summed E-state index contributed by atoms with van der Waals surface area (Å²) < 4.78 is 5.72. The van der Waals surface area contributed by atoms with Crippen LogP contribution < -0.4 is 5.32 Å². The third kappa shape index (κ3) is 3.46. The van der Waals surface area contributed by atoms with Crippen LogP contribution in [0.15, 0.2) is 0 Å². The zero-order valence-electron chi connectivity index (χ0n) is 12.3. The summed E-state index contributed by atoms with van der Waals surface area (Å²) in [6, 6.07) is 1.95. The Morgan fingerprint density at radius 1 is 1.28 bits per heavy atom. The molecule has 1 heterocycles. The predicted molar refractivity (Wildman–Crippen MR) is 75.9 cm³/mol. The molecule has 3 heteroatoms. The van der Waals surface area contributed by atoms with Crippen molar-refractivity contribution < 1.29 is 4.74 Å². The highest BCUT2D eigenvalue weighted by Gasteiger charge is 2.33. The van der Waals surface area contributed by atoms with E-state index < -0.39 is 0 Å². The van der Waals surface area contributed by atoms with E-state index in [0.29, 0.717) is 12.1 Å². The van der Waals surface area contributed by atoms with E-state index in [2.05, 4.69) is 31.1 Å². The zero-order valence-corrected chi connectivity index (χ0v) is 12.3. The standard InChI is InChI=1S/C15H30N2O/c1-4-16-14-8-9-18-11-15(14)17(3)13-7-5-6-12(2)10-13/h12-16H,4-11H2,1-3H3. The van der Waals surface area contributed by atoms with Crippen molar-refractivity contribution in [2.45, 2.75) is 64.1 Å². The first-order chi connectivity index (χ1) is 8.72. The number of hydrogen-bond donors (Lipinski definition) is 1. The van der Waals surface area contributed by atoms with Crippen molar-refractivity contribution in [3.63, 3.8) is 0 Å². The van der Waals surface area contributed by atoms with Crippen molar-refractivity contribution >= 4 is 0 Å². The molecule has 0 aromatic rings. The van der Waals surface area contributed by atoms with Crippen LogP contribution in [0.2, 0.25) is 0 Å². The van der Waals surface area contributed by atoms with Gasteiger partial charge in [0.1, 0.15) is 0 Å². The van der Waals surface area contributed by atoms with Crippen molar-refractivity contribution in [2.24, 2.45) is 5.92 Å². The molecule has 1 N–H and O–H groups in total. The van der Waals surface area contributed by atoms with Crippen LogP contribution in [-0.2, 0) is 4.74 Å². The van der Waals surface area contributed by atoms with Crippen molar-refractivity contribution in [3.05, 3.63) is 0 Å². The fraction of sp³-hybridized carbons (Fsp3) is 1.00. The fourth-order valence-electron chi connectivity index (χ4n) is 3.67. The van der Waals surface area contributed by atoms with E-state index >= 15 is 0 Å². The van der Waals surface area contributed by atoms with E-state index in [4.69, 9.17) is 4.74 Å². The Bertz CT molecular complexity index is 245. The Labute approximate surface area is 112 Å². The Morgan fingerprint density at radius 2 is 2.11 bits per heavy atom. The molecule has 0 aromatic heterocycles. The number of rotatable bonds is 4. The first-order valence-corrected chi connectivity index (χ1v) is 7.75. The van der Waals surface area contributed by atoms with Gasteiger partial charge in [-0.3, -0.25) is 4.90 Å². The maximum absolute atomic E-state index is 5.72. The average Bonchev–Trinajstić information content (AvgIpc) is 2.39. The highest BCUT2D eigenvalue weighted by molar-refractivity contribution is 4.90. The molecule has 0 amide bonds. The topological polar surface area (TPSA) is 24.5 Å². The quantitative estimate of drug-likeness (QED) is 0.833. The Hall–Kier alpha value is -0.120. The van der Waals surface area contributed by atoms with Gasteiger partial charge >= 0.3 is 0 Å². The molecule has 0 radical (unpaired) electrons. The van der Waals surface area contributed by atoms with Gasteiger partial charge in [-0.15, -0.1) is 0 Å². The number of hydrogen-bond acceptors (Lipinski definition) is 3. The zero-order chi connectivity index (χ0) is 13.0. The minimum absolute atomic E-state index is 0.564. The van der Waals surface area contributed by atoms with Gasteiger partial charge in [0.2, 0.25) is 0 Å². The number of likely N-dealkylation sites (N-methyl/N-ethyl adjacent to an activating group) is 2. The van der Waals surface area contributed by atoms with Crippen LogP contribution in [0, 0.1) is 5.92 Å². The monoisotopic (exact) mass is 254 g/mol. The normalized spacial score (nSPS) is 38.0. The van der Waals surface area contributed by atoms with Gasteiger partial charge in [0, 0.05) is 24.7 Å². The van der Waals surface area contributed by atoms with Gasteiger partial charge in [0.05, 0.1) is 6.61 Å². The first kappa shape index (κ1) is 14.3. The lowest BCUT2D eigenvalue weighted by Gasteiger charge is -2.44. The third-order valence-corrected chi connectivity index (χ3v) is 4.80. The molecule has 2 fully saturated rings. The second-order valence-electron chi connectivity index (χ2n) is 6.19. The molecular formula is C15H30N2O. The van der Waals surface area contributed by atoms with E-state index in [0.717, 1.165) is 38.1 Å². The molecule has 18 heavy (non-hydrogen) atoms. The molecule has 3 nitrogen and oxygen atoms in total. The summed E-state index contributed by atoms with van der Waals surface area (Å²) >= 11 is 0. The van der Waals surface area contributed by atoms with Crippen LogP contribution in [-0.4, -0.2) is 49.8 Å². The molecule has 1 saturated heterocycles. The van der Waals surface area contributed by atoms with Gasteiger partial charge < -0.3 is 10.1 Å². The molecule has 1 aliphatic carbocycles. The first-order valence-electron chi connectivity index (χ1n) is 7.75. The Morgan fingerprint density at radius 3 is 2.83 bits per heavy atom. The average molecular weight is 254 g/mol. The lowest BCUT2D eigenvalue weighted by molar-refractivity contribution is -0.0168. The van der Waals surface area contributed by atoms with Crippen LogP contribution in [0.1, 0.15) is 46.0 Å². The van der Waals surface area contributed by atoms with Crippen LogP contribution in [0.25, 0.3) is 0 Å². The van der Waals surface area contributed by atoms with E-state index in [9.17, 15) is 0 Å². The lowest BCUT2D eigenvalue weighted by Crippen LogP contribution is -2.57. The predicted octanol–water partition coefficient (Wildman–Crippen LogP) is 2.26. The van der Waals surface area contributed by atoms with Crippen molar-refractivity contribution in [3.8, 4) is 0 Å². The SMILES string of the molecule is CCNC1CCOCC1N(C)C1CCCC(C)C1. The van der Waals surface area contributed by atoms with E-state index in [1.165, 1.54) is 25.7 Å². The third-order valence-electron chi connectivity index (χ3n) is 4.80.